The Labute approximate surface area is 110 Å². The predicted molar refractivity (Wildman–Crippen MR) is 77.2 cm³/mol. The molecule has 1 unspecified atom stereocenters. The molecule has 1 aliphatic carbocycles. The van der Waals surface area contributed by atoms with E-state index in [0.29, 0.717) is 12.0 Å². The number of hydrogen-bond donors (Lipinski definition) is 1. The Morgan fingerprint density at radius 2 is 1.83 bits per heavy atom. The van der Waals surface area contributed by atoms with Crippen LogP contribution < -0.4 is 5.32 Å². The number of nitrogens with zero attached hydrogens (tertiary/aromatic N) is 1. The highest BCUT2D eigenvalue weighted by Crippen LogP contribution is 2.30. The highest BCUT2D eigenvalue weighted by Gasteiger charge is 2.34. The Kier molecular flexibility index (Phi) is 3.29. The fraction of sp³-hybridized carbons (Fsp3) is 0.625. The van der Waals surface area contributed by atoms with Crippen LogP contribution in [0.2, 0.25) is 0 Å². The lowest BCUT2D eigenvalue weighted by Gasteiger charge is -2.17. The summed E-state index contributed by atoms with van der Waals surface area (Å²) in [4.78, 5) is 2.65. The van der Waals surface area contributed by atoms with Gasteiger partial charge in [0.2, 0.25) is 0 Å². The van der Waals surface area contributed by atoms with Crippen molar-refractivity contribution >= 4 is 5.69 Å². The molecule has 1 aromatic carbocycles. The van der Waals surface area contributed by atoms with Gasteiger partial charge in [0.25, 0.3) is 0 Å². The first-order valence-corrected chi connectivity index (χ1v) is 7.33. The molecule has 2 nitrogen and oxygen atoms in total. The smallest absolute Gasteiger partial charge is 0.0400 e. The van der Waals surface area contributed by atoms with E-state index in [1.54, 1.807) is 0 Å². The number of likely N-dealkylation sites (tertiary alicyclic amines) is 1. The lowest BCUT2D eigenvalue weighted by Crippen LogP contribution is -2.27. The van der Waals surface area contributed by atoms with Crippen molar-refractivity contribution in [2.45, 2.75) is 51.1 Å². The molecule has 1 heterocycles. The van der Waals surface area contributed by atoms with Crippen LogP contribution in [-0.2, 0) is 0 Å². The molecule has 1 aromatic rings. The molecular formula is C16H24N2. The zero-order valence-electron chi connectivity index (χ0n) is 11.5. The molecular weight excluding hydrogens is 220 g/mol. The average Bonchev–Trinajstić information content (AvgIpc) is 3.11. The van der Waals surface area contributed by atoms with E-state index in [4.69, 9.17) is 0 Å². The van der Waals surface area contributed by atoms with Crippen LogP contribution in [0.4, 0.5) is 5.69 Å². The third-order valence-electron chi connectivity index (χ3n) is 4.23. The van der Waals surface area contributed by atoms with Gasteiger partial charge >= 0.3 is 0 Å². The number of benzene rings is 1. The summed E-state index contributed by atoms with van der Waals surface area (Å²) in [7, 11) is 0. The minimum Gasteiger partial charge on any atom is -0.381 e. The summed E-state index contributed by atoms with van der Waals surface area (Å²) in [5.41, 5.74) is 2.70. The summed E-state index contributed by atoms with van der Waals surface area (Å²) in [6.07, 6.45) is 4.15. The van der Waals surface area contributed by atoms with Gasteiger partial charge < -0.3 is 5.32 Å². The first-order valence-electron chi connectivity index (χ1n) is 7.33. The fourth-order valence-electron chi connectivity index (χ4n) is 2.88. The van der Waals surface area contributed by atoms with E-state index in [2.05, 4.69) is 48.3 Å². The van der Waals surface area contributed by atoms with Gasteiger partial charge in [0.05, 0.1) is 0 Å². The molecule has 0 radical (unpaired) electrons. The third-order valence-corrected chi connectivity index (χ3v) is 4.23. The van der Waals surface area contributed by atoms with E-state index in [0.717, 1.165) is 6.04 Å². The van der Waals surface area contributed by atoms with Crippen LogP contribution in [0.1, 0.15) is 44.6 Å². The van der Waals surface area contributed by atoms with Gasteiger partial charge in [-0.05, 0) is 42.9 Å². The van der Waals surface area contributed by atoms with Gasteiger partial charge in [-0.25, -0.2) is 0 Å². The van der Waals surface area contributed by atoms with E-state index in [1.165, 1.54) is 43.6 Å². The van der Waals surface area contributed by atoms with Crippen LogP contribution in [0.25, 0.3) is 0 Å². The standard InChI is InChI=1S/C16H24N2/c1-12(2)13-3-5-14(6-4-13)17-15-9-10-18(11-15)16-7-8-16/h3-6,12,15-17H,7-11H2,1-2H3. The van der Waals surface area contributed by atoms with Crippen molar-refractivity contribution in [1.82, 2.24) is 4.90 Å². The molecule has 98 valence electrons. The van der Waals surface area contributed by atoms with Crippen molar-refractivity contribution in [3.63, 3.8) is 0 Å². The van der Waals surface area contributed by atoms with Crippen LogP contribution in [0, 0.1) is 0 Å². The second kappa shape index (κ2) is 4.93. The zero-order valence-corrected chi connectivity index (χ0v) is 11.5. The summed E-state index contributed by atoms with van der Waals surface area (Å²) in [6, 6.07) is 10.5. The number of rotatable bonds is 4. The molecule has 1 atom stereocenters. The summed E-state index contributed by atoms with van der Waals surface area (Å²) in [5, 5.41) is 3.68. The lowest BCUT2D eigenvalue weighted by molar-refractivity contribution is 0.326. The SMILES string of the molecule is CC(C)c1ccc(NC2CCN(C3CC3)C2)cc1. The number of anilines is 1. The molecule has 0 spiro atoms. The highest BCUT2D eigenvalue weighted by atomic mass is 15.2. The maximum atomic E-state index is 3.68. The van der Waals surface area contributed by atoms with Gasteiger partial charge in [-0.1, -0.05) is 26.0 Å². The van der Waals surface area contributed by atoms with E-state index in [9.17, 15) is 0 Å². The Hall–Kier alpha value is -1.02. The van der Waals surface area contributed by atoms with E-state index in [1.807, 2.05) is 0 Å². The molecule has 18 heavy (non-hydrogen) atoms. The van der Waals surface area contributed by atoms with Crippen molar-refractivity contribution < 1.29 is 0 Å². The summed E-state index contributed by atoms with van der Waals surface area (Å²) in [6.45, 7) is 7.00. The molecule has 1 saturated carbocycles. The van der Waals surface area contributed by atoms with E-state index in [-0.39, 0.29) is 0 Å². The summed E-state index contributed by atoms with van der Waals surface area (Å²) < 4.78 is 0. The Balaban J connectivity index is 1.56. The Bertz CT molecular complexity index is 392. The van der Waals surface area contributed by atoms with Crippen molar-refractivity contribution in [2.75, 3.05) is 18.4 Å². The minimum atomic E-state index is 0.621. The largest absolute Gasteiger partial charge is 0.381 e. The number of nitrogens with one attached hydrogen (secondary N) is 1. The lowest BCUT2D eigenvalue weighted by atomic mass is 10.0. The predicted octanol–water partition coefficient (Wildman–Crippen LogP) is 3.46. The van der Waals surface area contributed by atoms with Gasteiger partial charge in [0, 0.05) is 30.9 Å². The van der Waals surface area contributed by atoms with Crippen LogP contribution in [0.15, 0.2) is 24.3 Å². The van der Waals surface area contributed by atoms with Gasteiger partial charge in [-0.15, -0.1) is 0 Å². The van der Waals surface area contributed by atoms with Crippen LogP contribution >= 0.6 is 0 Å². The first-order chi connectivity index (χ1) is 8.72. The molecule has 2 heteroatoms. The maximum Gasteiger partial charge on any atom is 0.0400 e. The van der Waals surface area contributed by atoms with E-state index >= 15 is 0 Å². The molecule has 3 rings (SSSR count). The molecule has 0 bridgehead atoms. The van der Waals surface area contributed by atoms with Crippen LogP contribution in [-0.4, -0.2) is 30.1 Å². The van der Waals surface area contributed by atoms with Gasteiger partial charge in [0.1, 0.15) is 0 Å². The van der Waals surface area contributed by atoms with E-state index < -0.39 is 0 Å². The highest BCUT2D eigenvalue weighted by molar-refractivity contribution is 5.46. The molecule has 2 aliphatic rings. The molecule has 1 aliphatic heterocycles. The van der Waals surface area contributed by atoms with Crippen molar-refractivity contribution in [1.29, 1.82) is 0 Å². The second-order valence-corrected chi connectivity index (χ2v) is 6.13. The molecule has 1 saturated heterocycles. The monoisotopic (exact) mass is 244 g/mol. The average molecular weight is 244 g/mol. The van der Waals surface area contributed by atoms with Crippen molar-refractivity contribution in [3.8, 4) is 0 Å². The Morgan fingerprint density at radius 1 is 1.11 bits per heavy atom. The second-order valence-electron chi connectivity index (χ2n) is 6.13. The minimum absolute atomic E-state index is 0.621. The Morgan fingerprint density at radius 3 is 2.44 bits per heavy atom. The van der Waals surface area contributed by atoms with Crippen molar-refractivity contribution in [2.24, 2.45) is 0 Å². The first kappa shape index (κ1) is 12.0. The van der Waals surface area contributed by atoms with Crippen LogP contribution in [0.5, 0.6) is 0 Å². The van der Waals surface area contributed by atoms with Gasteiger partial charge in [-0.3, -0.25) is 4.90 Å². The summed E-state index contributed by atoms with van der Waals surface area (Å²) in [5.74, 6) is 0.621. The number of hydrogen-bond acceptors (Lipinski definition) is 2. The maximum absolute atomic E-state index is 3.68. The normalized spacial score (nSPS) is 24.7. The summed E-state index contributed by atoms with van der Waals surface area (Å²) >= 11 is 0. The van der Waals surface area contributed by atoms with Gasteiger partial charge in [0.15, 0.2) is 0 Å². The molecule has 1 N–H and O–H groups in total. The molecule has 0 amide bonds. The third kappa shape index (κ3) is 2.69. The molecule has 2 fully saturated rings. The molecule has 0 aromatic heterocycles. The zero-order chi connectivity index (χ0) is 12.5. The van der Waals surface area contributed by atoms with Gasteiger partial charge in [-0.2, -0.15) is 0 Å². The fourth-order valence-corrected chi connectivity index (χ4v) is 2.88. The van der Waals surface area contributed by atoms with Crippen LogP contribution in [0.3, 0.4) is 0 Å². The quantitative estimate of drug-likeness (QED) is 0.872. The van der Waals surface area contributed by atoms with Crippen molar-refractivity contribution in [3.05, 3.63) is 29.8 Å². The topological polar surface area (TPSA) is 15.3 Å².